The van der Waals surface area contributed by atoms with Crippen molar-refractivity contribution in [2.45, 2.75) is 436 Å². The van der Waals surface area contributed by atoms with Crippen LogP contribution in [0.3, 0.4) is 0 Å². The standard InChI is InChI=1S/C73H143NO8/c1-3-5-7-9-11-13-15-17-19-21-23-25-27-29-31-32-33-34-35-37-38-40-42-44-46-48-50-52-54-56-58-60-62-67(76)66(65-81-73-72(80)71(79)70(78)68(64-75)82-73)74-69(77)63-61-59-57-55-53-51-49-47-45-43-41-39-36-30-28-26-24-22-20-18-16-14-12-10-8-6-4-2/h22,24,66-68,70-73,75-76,78-80H,3-21,23,25-65H2,1-2H3,(H,74,77)/b24-22-. The highest BCUT2D eigenvalue weighted by Gasteiger charge is 2.44. The molecule has 0 aromatic carbocycles. The number of allylic oxidation sites excluding steroid dienone is 2. The van der Waals surface area contributed by atoms with Crippen LogP contribution in [0, 0.1) is 0 Å². The Morgan fingerprint density at radius 3 is 0.988 bits per heavy atom. The van der Waals surface area contributed by atoms with Crippen LogP contribution in [-0.4, -0.2) is 87.5 Å². The molecule has 9 nitrogen and oxygen atoms in total. The molecule has 0 spiro atoms. The number of unbranched alkanes of at least 4 members (excludes halogenated alkanes) is 54. The average molecular weight is 1160 g/mol. The van der Waals surface area contributed by atoms with E-state index in [4.69, 9.17) is 9.47 Å². The molecule has 7 atom stereocenters. The van der Waals surface area contributed by atoms with Gasteiger partial charge in [0.15, 0.2) is 6.29 Å². The maximum absolute atomic E-state index is 13.2. The highest BCUT2D eigenvalue weighted by molar-refractivity contribution is 5.76. The summed E-state index contributed by atoms with van der Waals surface area (Å²) in [5.41, 5.74) is 0. The van der Waals surface area contributed by atoms with E-state index in [0.717, 1.165) is 38.5 Å². The second kappa shape index (κ2) is 63.0. The Morgan fingerprint density at radius 2 is 0.683 bits per heavy atom. The number of rotatable bonds is 66. The van der Waals surface area contributed by atoms with E-state index >= 15 is 0 Å². The molecule has 1 rings (SSSR count). The zero-order valence-electron chi connectivity index (χ0n) is 54.8. The van der Waals surface area contributed by atoms with Crippen LogP contribution in [0.2, 0.25) is 0 Å². The Balaban J connectivity index is 2.08. The van der Waals surface area contributed by atoms with E-state index in [1.165, 1.54) is 327 Å². The van der Waals surface area contributed by atoms with Crippen molar-refractivity contribution in [2.24, 2.45) is 0 Å². The fourth-order valence-corrected chi connectivity index (χ4v) is 12.3. The van der Waals surface area contributed by atoms with Gasteiger partial charge in [0.25, 0.3) is 0 Å². The Kier molecular flexibility index (Phi) is 60.6. The maximum Gasteiger partial charge on any atom is 0.220 e. The minimum Gasteiger partial charge on any atom is -0.394 e. The topological polar surface area (TPSA) is 149 Å². The molecule has 1 amide bonds. The van der Waals surface area contributed by atoms with Crippen molar-refractivity contribution < 1.29 is 39.8 Å². The molecule has 488 valence electrons. The van der Waals surface area contributed by atoms with E-state index in [1.54, 1.807) is 0 Å². The van der Waals surface area contributed by atoms with Crippen LogP contribution >= 0.6 is 0 Å². The SMILES string of the molecule is CCCCCCCCCC/C=C\CCCCCCCCCCCCCCCCCC(=O)NC(COC1OC(CO)C(O)C(O)C1O)C(O)CCCCCCCCCCCCCCCCCCCCCCCCCCCCCCCCCC. The summed E-state index contributed by atoms with van der Waals surface area (Å²) in [5, 5.41) is 55.0. The average Bonchev–Trinajstić information content (AvgIpc) is 3.53. The molecule has 0 aromatic heterocycles. The third kappa shape index (κ3) is 51.0. The smallest absolute Gasteiger partial charge is 0.220 e. The van der Waals surface area contributed by atoms with E-state index in [9.17, 15) is 30.3 Å². The molecule has 0 saturated carbocycles. The predicted molar refractivity (Wildman–Crippen MR) is 351 cm³/mol. The Labute approximate surface area is 509 Å². The molecule has 0 aliphatic carbocycles. The molecule has 0 radical (unpaired) electrons. The fourth-order valence-electron chi connectivity index (χ4n) is 12.3. The molecule has 9 heteroatoms. The highest BCUT2D eigenvalue weighted by Crippen LogP contribution is 2.24. The molecule has 1 fully saturated rings. The van der Waals surface area contributed by atoms with Crippen LogP contribution in [0.15, 0.2) is 12.2 Å². The lowest BCUT2D eigenvalue weighted by molar-refractivity contribution is -0.302. The molecular formula is C73H143NO8. The number of ether oxygens (including phenoxy) is 2. The molecule has 7 unspecified atom stereocenters. The van der Waals surface area contributed by atoms with Crippen LogP contribution in [0.5, 0.6) is 0 Å². The summed E-state index contributed by atoms with van der Waals surface area (Å²) in [4.78, 5) is 13.2. The highest BCUT2D eigenvalue weighted by atomic mass is 16.7. The number of hydrogen-bond donors (Lipinski definition) is 6. The van der Waals surface area contributed by atoms with Crippen LogP contribution in [0.25, 0.3) is 0 Å². The minimum absolute atomic E-state index is 0.132. The van der Waals surface area contributed by atoms with Crippen molar-refractivity contribution in [2.75, 3.05) is 13.2 Å². The number of amides is 1. The first-order chi connectivity index (χ1) is 40.3. The van der Waals surface area contributed by atoms with E-state index in [1.807, 2.05) is 0 Å². The van der Waals surface area contributed by atoms with Gasteiger partial charge in [0.05, 0.1) is 25.4 Å². The summed E-state index contributed by atoms with van der Waals surface area (Å²) >= 11 is 0. The zero-order chi connectivity index (χ0) is 59.3. The van der Waals surface area contributed by atoms with Gasteiger partial charge in [-0.15, -0.1) is 0 Å². The number of carbonyl (C=O) groups is 1. The van der Waals surface area contributed by atoms with Gasteiger partial charge in [-0.1, -0.05) is 360 Å². The summed E-state index contributed by atoms with van der Waals surface area (Å²) in [6.07, 6.45) is 74.4. The van der Waals surface area contributed by atoms with Crippen molar-refractivity contribution in [1.82, 2.24) is 5.32 Å². The van der Waals surface area contributed by atoms with Gasteiger partial charge in [0.2, 0.25) is 5.91 Å². The van der Waals surface area contributed by atoms with Crippen LogP contribution in [0.4, 0.5) is 0 Å². The number of nitrogens with one attached hydrogen (secondary N) is 1. The molecule has 0 bridgehead atoms. The van der Waals surface area contributed by atoms with Crippen molar-refractivity contribution in [3.8, 4) is 0 Å². The first-order valence-corrected chi connectivity index (χ1v) is 36.9. The predicted octanol–water partition coefficient (Wildman–Crippen LogP) is 20.3. The number of carbonyl (C=O) groups excluding carboxylic acids is 1. The molecular weight excluding hydrogens is 1020 g/mol. The van der Waals surface area contributed by atoms with Gasteiger partial charge in [-0.3, -0.25) is 4.79 Å². The number of aliphatic hydroxyl groups is 5. The Bertz CT molecular complexity index is 1300. The van der Waals surface area contributed by atoms with Gasteiger partial charge in [-0.2, -0.15) is 0 Å². The summed E-state index contributed by atoms with van der Waals surface area (Å²) in [6.45, 7) is 3.90. The van der Waals surface area contributed by atoms with E-state index < -0.39 is 49.5 Å². The number of hydrogen-bond acceptors (Lipinski definition) is 8. The van der Waals surface area contributed by atoms with E-state index in [2.05, 4.69) is 31.3 Å². The van der Waals surface area contributed by atoms with Crippen molar-refractivity contribution in [3.05, 3.63) is 12.2 Å². The molecule has 1 aliphatic heterocycles. The molecule has 1 heterocycles. The molecule has 0 aromatic rings. The number of aliphatic hydroxyl groups excluding tert-OH is 5. The first-order valence-electron chi connectivity index (χ1n) is 36.9. The quantitative estimate of drug-likeness (QED) is 0.0261. The second-order valence-electron chi connectivity index (χ2n) is 26.1. The fraction of sp³-hybridized carbons (Fsp3) is 0.959. The monoisotopic (exact) mass is 1160 g/mol. The van der Waals surface area contributed by atoms with Crippen LogP contribution < -0.4 is 5.32 Å². The van der Waals surface area contributed by atoms with Gasteiger partial charge in [0, 0.05) is 6.42 Å². The van der Waals surface area contributed by atoms with Gasteiger partial charge in [-0.25, -0.2) is 0 Å². The Morgan fingerprint density at radius 1 is 0.402 bits per heavy atom. The normalized spacial score (nSPS) is 18.3. The van der Waals surface area contributed by atoms with Crippen LogP contribution in [-0.2, 0) is 14.3 Å². The van der Waals surface area contributed by atoms with Crippen molar-refractivity contribution in [3.63, 3.8) is 0 Å². The second-order valence-corrected chi connectivity index (χ2v) is 26.1. The van der Waals surface area contributed by atoms with E-state index in [0.29, 0.717) is 12.8 Å². The van der Waals surface area contributed by atoms with Gasteiger partial charge in [0.1, 0.15) is 24.4 Å². The lowest BCUT2D eigenvalue weighted by atomic mass is 9.99. The molecule has 6 N–H and O–H groups in total. The molecule has 1 saturated heterocycles. The first kappa shape index (κ1) is 78.9. The molecule has 82 heavy (non-hydrogen) atoms. The zero-order valence-corrected chi connectivity index (χ0v) is 54.8. The summed E-state index contributed by atoms with van der Waals surface area (Å²) in [6, 6.07) is -0.718. The lowest BCUT2D eigenvalue weighted by Gasteiger charge is -2.40. The van der Waals surface area contributed by atoms with Gasteiger partial charge < -0.3 is 40.3 Å². The lowest BCUT2D eigenvalue weighted by Crippen LogP contribution is -2.60. The van der Waals surface area contributed by atoms with Gasteiger partial charge in [-0.05, 0) is 38.5 Å². The van der Waals surface area contributed by atoms with Crippen molar-refractivity contribution >= 4 is 5.91 Å². The van der Waals surface area contributed by atoms with E-state index in [-0.39, 0.29) is 12.5 Å². The van der Waals surface area contributed by atoms with Crippen molar-refractivity contribution in [1.29, 1.82) is 0 Å². The summed E-state index contributed by atoms with van der Waals surface area (Å²) in [5.74, 6) is -0.135. The molecule has 1 aliphatic rings. The largest absolute Gasteiger partial charge is 0.394 e. The third-order valence-electron chi connectivity index (χ3n) is 18.1. The van der Waals surface area contributed by atoms with Gasteiger partial charge >= 0.3 is 0 Å². The maximum atomic E-state index is 13.2. The summed E-state index contributed by atoms with van der Waals surface area (Å²) in [7, 11) is 0. The minimum atomic E-state index is -1.55. The van der Waals surface area contributed by atoms with Crippen LogP contribution in [0.1, 0.15) is 393 Å². The Hall–Kier alpha value is -1.07. The third-order valence-corrected chi connectivity index (χ3v) is 18.1. The summed E-state index contributed by atoms with van der Waals surface area (Å²) < 4.78 is 11.4.